The summed E-state index contributed by atoms with van der Waals surface area (Å²) >= 11 is 3.61. The van der Waals surface area contributed by atoms with Crippen molar-refractivity contribution in [2.45, 2.75) is 5.33 Å². The number of halogens is 1. The molecule has 2 nitrogen and oxygen atoms in total. The lowest BCUT2D eigenvalue weighted by atomic mass is 10.0. The third-order valence-corrected chi connectivity index (χ3v) is 5.13. The van der Waals surface area contributed by atoms with Crippen molar-refractivity contribution >= 4 is 59.5 Å². The molecule has 0 fully saturated rings. The summed E-state index contributed by atoms with van der Waals surface area (Å²) in [5.41, 5.74) is 5.30. The highest BCUT2D eigenvalue weighted by Gasteiger charge is 2.11. The van der Waals surface area contributed by atoms with Crippen molar-refractivity contribution in [3.05, 3.63) is 72.3 Å². The van der Waals surface area contributed by atoms with Crippen molar-refractivity contribution in [3.63, 3.8) is 0 Å². The molecule has 0 saturated heterocycles. The molecule has 2 heterocycles. The van der Waals surface area contributed by atoms with Gasteiger partial charge in [0.25, 0.3) is 0 Å². The molecule has 5 aromatic rings. The van der Waals surface area contributed by atoms with Crippen molar-refractivity contribution in [1.82, 2.24) is 9.97 Å². The Morgan fingerprint density at radius 2 is 1.29 bits per heavy atom. The number of alkyl halides is 1. The molecular weight excluding hydrogens is 360 g/mol. The van der Waals surface area contributed by atoms with Crippen LogP contribution in [0.15, 0.2) is 66.7 Å². The highest BCUT2D eigenvalue weighted by Crippen LogP contribution is 2.32. The number of pyridine rings is 2. The van der Waals surface area contributed by atoms with Crippen LogP contribution in [0.1, 0.15) is 5.56 Å². The van der Waals surface area contributed by atoms with Crippen LogP contribution in [0.2, 0.25) is 0 Å². The summed E-state index contributed by atoms with van der Waals surface area (Å²) in [6.45, 7) is 0. The Hall–Kier alpha value is -2.52. The molecule has 2 aromatic heterocycles. The summed E-state index contributed by atoms with van der Waals surface area (Å²) in [5.74, 6) is 0. The van der Waals surface area contributed by atoms with Crippen LogP contribution in [0.5, 0.6) is 0 Å². The average molecular weight is 373 g/mol. The molecular formula is C21H13BrN2. The van der Waals surface area contributed by atoms with Gasteiger partial charge in [0.15, 0.2) is 0 Å². The van der Waals surface area contributed by atoms with Gasteiger partial charge in [0.1, 0.15) is 0 Å². The van der Waals surface area contributed by atoms with E-state index in [9.17, 15) is 0 Å². The fourth-order valence-corrected chi connectivity index (χ4v) is 3.79. The van der Waals surface area contributed by atoms with Crippen molar-refractivity contribution < 1.29 is 0 Å². The second-order valence-electron chi connectivity index (χ2n) is 5.99. The zero-order chi connectivity index (χ0) is 16.1. The normalized spacial score (nSPS) is 11.7. The number of para-hydroxylation sites is 2. The molecule has 0 unspecified atom stereocenters. The van der Waals surface area contributed by atoms with Gasteiger partial charge in [-0.1, -0.05) is 52.3 Å². The summed E-state index contributed by atoms with van der Waals surface area (Å²) in [7, 11) is 0. The van der Waals surface area contributed by atoms with E-state index in [1.807, 2.05) is 12.1 Å². The lowest BCUT2D eigenvalue weighted by Crippen LogP contribution is -1.92. The van der Waals surface area contributed by atoms with E-state index in [2.05, 4.69) is 70.5 Å². The van der Waals surface area contributed by atoms with Gasteiger partial charge in [0, 0.05) is 26.9 Å². The molecule has 0 atom stereocenters. The first-order valence-electron chi connectivity index (χ1n) is 7.90. The zero-order valence-corrected chi connectivity index (χ0v) is 14.4. The Kier molecular flexibility index (Phi) is 3.03. The van der Waals surface area contributed by atoms with Crippen LogP contribution >= 0.6 is 15.9 Å². The van der Waals surface area contributed by atoms with Gasteiger partial charge >= 0.3 is 0 Å². The van der Waals surface area contributed by atoms with E-state index < -0.39 is 0 Å². The molecule has 3 aromatic carbocycles. The van der Waals surface area contributed by atoms with Crippen LogP contribution in [0.3, 0.4) is 0 Å². The molecule has 0 bridgehead atoms. The van der Waals surface area contributed by atoms with Crippen LogP contribution < -0.4 is 0 Å². The van der Waals surface area contributed by atoms with Gasteiger partial charge in [0.05, 0.1) is 22.1 Å². The predicted octanol–water partition coefficient (Wildman–Crippen LogP) is 5.98. The maximum Gasteiger partial charge on any atom is 0.0757 e. The quantitative estimate of drug-likeness (QED) is 0.205. The van der Waals surface area contributed by atoms with Crippen LogP contribution in [-0.2, 0) is 5.33 Å². The van der Waals surface area contributed by atoms with E-state index in [0.29, 0.717) is 0 Å². The van der Waals surface area contributed by atoms with Gasteiger partial charge in [-0.05, 0) is 35.9 Å². The first kappa shape index (κ1) is 13.9. The van der Waals surface area contributed by atoms with E-state index >= 15 is 0 Å². The van der Waals surface area contributed by atoms with E-state index in [4.69, 9.17) is 9.97 Å². The van der Waals surface area contributed by atoms with E-state index in [1.165, 1.54) is 10.9 Å². The Labute approximate surface area is 147 Å². The van der Waals surface area contributed by atoms with Gasteiger partial charge in [-0.3, -0.25) is 0 Å². The number of fused-ring (bicyclic) bond motifs is 5. The van der Waals surface area contributed by atoms with Gasteiger partial charge in [0.2, 0.25) is 0 Å². The zero-order valence-electron chi connectivity index (χ0n) is 12.8. The summed E-state index contributed by atoms with van der Waals surface area (Å²) in [4.78, 5) is 9.79. The SMILES string of the molecule is BrCc1cc2nc3ccccc3cc2c2cc3ccccc3nc12. The molecule has 5 rings (SSSR count). The molecule has 0 aliphatic heterocycles. The molecule has 3 heteroatoms. The lowest BCUT2D eigenvalue weighted by molar-refractivity contribution is 1.40. The third-order valence-electron chi connectivity index (χ3n) is 4.53. The maximum atomic E-state index is 4.92. The second-order valence-corrected chi connectivity index (χ2v) is 6.56. The first-order valence-corrected chi connectivity index (χ1v) is 9.02. The fourth-order valence-electron chi connectivity index (χ4n) is 3.36. The summed E-state index contributed by atoms with van der Waals surface area (Å²) in [6.07, 6.45) is 0. The molecule has 0 aliphatic rings. The van der Waals surface area contributed by atoms with Crippen molar-refractivity contribution in [1.29, 1.82) is 0 Å². The Morgan fingerprint density at radius 1 is 0.667 bits per heavy atom. The van der Waals surface area contributed by atoms with Gasteiger partial charge in [-0.15, -0.1) is 0 Å². The maximum absolute atomic E-state index is 4.92. The highest BCUT2D eigenvalue weighted by molar-refractivity contribution is 9.08. The van der Waals surface area contributed by atoms with Gasteiger partial charge in [-0.2, -0.15) is 0 Å². The lowest BCUT2D eigenvalue weighted by Gasteiger charge is -2.10. The number of hydrogen-bond donors (Lipinski definition) is 0. The largest absolute Gasteiger partial charge is 0.248 e. The molecule has 0 spiro atoms. The van der Waals surface area contributed by atoms with Gasteiger partial charge in [-0.25, -0.2) is 9.97 Å². The first-order chi connectivity index (χ1) is 11.8. The molecule has 0 amide bonds. The number of aromatic nitrogens is 2. The van der Waals surface area contributed by atoms with Crippen LogP contribution in [-0.4, -0.2) is 9.97 Å². The number of benzene rings is 3. The monoisotopic (exact) mass is 372 g/mol. The third kappa shape index (κ3) is 2.01. The van der Waals surface area contributed by atoms with Crippen LogP contribution in [0.25, 0.3) is 43.6 Å². The standard InChI is InChI=1S/C21H13BrN2/c22-12-15-11-20-16(9-13-5-1-3-7-18(13)23-20)17-10-14-6-2-4-8-19(14)24-21(15)17/h1-11H,12H2. The second kappa shape index (κ2) is 5.25. The topological polar surface area (TPSA) is 25.8 Å². The summed E-state index contributed by atoms with van der Waals surface area (Å²) in [6, 6.07) is 23.1. The minimum absolute atomic E-state index is 0.763. The molecule has 24 heavy (non-hydrogen) atoms. The van der Waals surface area contributed by atoms with E-state index in [1.54, 1.807) is 0 Å². The Morgan fingerprint density at radius 3 is 2.00 bits per heavy atom. The molecule has 0 saturated carbocycles. The van der Waals surface area contributed by atoms with Crippen molar-refractivity contribution in [2.75, 3.05) is 0 Å². The summed E-state index contributed by atoms with van der Waals surface area (Å²) in [5, 5.41) is 5.40. The molecule has 114 valence electrons. The highest BCUT2D eigenvalue weighted by atomic mass is 79.9. The summed E-state index contributed by atoms with van der Waals surface area (Å²) < 4.78 is 0. The van der Waals surface area contributed by atoms with E-state index in [0.717, 1.165) is 43.6 Å². The Bertz CT molecular complexity index is 1240. The van der Waals surface area contributed by atoms with Gasteiger partial charge < -0.3 is 0 Å². The van der Waals surface area contributed by atoms with Crippen molar-refractivity contribution in [2.24, 2.45) is 0 Å². The number of nitrogens with zero attached hydrogens (tertiary/aromatic N) is 2. The Balaban J connectivity index is 2.03. The smallest absolute Gasteiger partial charge is 0.0757 e. The average Bonchev–Trinajstić information content (AvgIpc) is 2.64. The number of rotatable bonds is 1. The molecule has 0 N–H and O–H groups in total. The minimum atomic E-state index is 0.763. The molecule has 0 aliphatic carbocycles. The van der Waals surface area contributed by atoms with Crippen LogP contribution in [0.4, 0.5) is 0 Å². The number of hydrogen-bond acceptors (Lipinski definition) is 2. The van der Waals surface area contributed by atoms with Crippen molar-refractivity contribution in [3.8, 4) is 0 Å². The minimum Gasteiger partial charge on any atom is -0.248 e. The molecule has 0 radical (unpaired) electrons. The fraction of sp³-hybridized carbons (Fsp3) is 0.0476. The predicted molar refractivity (Wildman–Crippen MR) is 105 cm³/mol. The van der Waals surface area contributed by atoms with Crippen LogP contribution in [0, 0.1) is 0 Å². The van der Waals surface area contributed by atoms with E-state index in [-0.39, 0.29) is 0 Å².